The van der Waals surface area contributed by atoms with Crippen LogP contribution in [0.1, 0.15) is 53.4 Å². The third-order valence-corrected chi connectivity index (χ3v) is 6.69. The highest BCUT2D eigenvalue weighted by atomic mass is 16.6. The maximum absolute atomic E-state index is 13.6. The summed E-state index contributed by atoms with van der Waals surface area (Å²) in [5, 5.41) is 13.0. The molecular weight excluding hydrogens is 376 g/mol. The van der Waals surface area contributed by atoms with Gasteiger partial charge in [-0.2, -0.15) is 0 Å². The van der Waals surface area contributed by atoms with E-state index in [2.05, 4.69) is 5.32 Å². The van der Waals surface area contributed by atoms with Gasteiger partial charge in [-0.25, -0.2) is 0 Å². The predicted octanol–water partition coefficient (Wildman–Crippen LogP) is 0.857. The van der Waals surface area contributed by atoms with Crippen LogP contribution in [0.25, 0.3) is 0 Å². The first-order chi connectivity index (χ1) is 13.8. The first-order valence-corrected chi connectivity index (χ1v) is 10.9. The Morgan fingerprint density at radius 3 is 2.69 bits per heavy atom. The molecule has 1 spiro atoms. The number of amides is 2. The Morgan fingerprint density at radius 2 is 2.10 bits per heavy atom. The first-order valence-electron chi connectivity index (χ1n) is 10.9. The van der Waals surface area contributed by atoms with Crippen molar-refractivity contribution in [2.24, 2.45) is 17.8 Å². The monoisotopic (exact) mass is 410 g/mol. The van der Waals surface area contributed by atoms with Crippen molar-refractivity contribution < 1.29 is 29.0 Å². The third-order valence-electron chi connectivity index (χ3n) is 6.69. The standard InChI is InChI=1S/C21H34N2O6/c1-5-7-10-22-18(25)17-21-9-8-14(29-21)15(20(27)28-6-2)16(21)19(26)23(17)13(11-24)12(3)4/h12-17,24H,5-11H2,1-4H3,(H,22,25)/t13-,14+,15-,16-,17?,21?/m0/s1. The zero-order valence-electron chi connectivity index (χ0n) is 17.8. The van der Waals surface area contributed by atoms with Crippen LogP contribution in [-0.2, 0) is 23.9 Å². The fourth-order valence-corrected chi connectivity index (χ4v) is 5.36. The van der Waals surface area contributed by atoms with Crippen molar-refractivity contribution in [1.29, 1.82) is 0 Å². The number of nitrogens with one attached hydrogen (secondary N) is 1. The number of hydrogen-bond acceptors (Lipinski definition) is 6. The lowest BCUT2D eigenvalue weighted by molar-refractivity contribution is -0.155. The van der Waals surface area contributed by atoms with Crippen molar-refractivity contribution in [3.05, 3.63) is 0 Å². The van der Waals surface area contributed by atoms with Crippen LogP contribution in [0.4, 0.5) is 0 Å². The van der Waals surface area contributed by atoms with Crippen molar-refractivity contribution in [2.45, 2.75) is 77.2 Å². The molecule has 0 aromatic heterocycles. The fourth-order valence-electron chi connectivity index (χ4n) is 5.36. The van der Waals surface area contributed by atoms with E-state index in [9.17, 15) is 19.5 Å². The summed E-state index contributed by atoms with van der Waals surface area (Å²) in [6, 6.07) is -1.37. The van der Waals surface area contributed by atoms with Crippen LogP contribution in [0.5, 0.6) is 0 Å². The van der Waals surface area contributed by atoms with E-state index in [1.165, 1.54) is 4.90 Å². The van der Waals surface area contributed by atoms with Crippen LogP contribution in [0, 0.1) is 17.8 Å². The second-order valence-electron chi connectivity index (χ2n) is 8.69. The van der Waals surface area contributed by atoms with Gasteiger partial charge in [0.05, 0.1) is 37.2 Å². The Balaban J connectivity index is 2.00. The Hall–Kier alpha value is -1.67. The molecule has 164 valence electrons. The summed E-state index contributed by atoms with van der Waals surface area (Å²) in [6.45, 7) is 8.09. The fraction of sp³-hybridized carbons (Fsp3) is 0.857. The smallest absolute Gasteiger partial charge is 0.312 e. The number of carbonyl (C=O) groups excluding carboxylic acids is 3. The van der Waals surface area contributed by atoms with Crippen molar-refractivity contribution >= 4 is 17.8 Å². The summed E-state index contributed by atoms with van der Waals surface area (Å²) >= 11 is 0. The molecule has 2 bridgehead atoms. The number of aliphatic hydroxyl groups excluding tert-OH is 1. The number of fused-ring (bicyclic) bond motifs is 1. The van der Waals surface area contributed by atoms with Crippen LogP contribution in [-0.4, -0.2) is 71.3 Å². The molecule has 0 radical (unpaired) electrons. The van der Waals surface area contributed by atoms with Gasteiger partial charge < -0.3 is 24.8 Å². The minimum Gasteiger partial charge on any atom is -0.466 e. The van der Waals surface area contributed by atoms with Gasteiger partial charge in [0, 0.05) is 6.54 Å². The predicted molar refractivity (Wildman–Crippen MR) is 105 cm³/mol. The van der Waals surface area contributed by atoms with Crippen molar-refractivity contribution in [2.75, 3.05) is 19.8 Å². The lowest BCUT2D eigenvalue weighted by Gasteiger charge is -2.38. The molecule has 3 heterocycles. The van der Waals surface area contributed by atoms with Gasteiger partial charge in [-0.15, -0.1) is 0 Å². The molecule has 8 nitrogen and oxygen atoms in total. The van der Waals surface area contributed by atoms with E-state index in [0.29, 0.717) is 19.4 Å². The lowest BCUT2D eigenvalue weighted by atomic mass is 9.71. The zero-order chi connectivity index (χ0) is 21.3. The molecule has 2 unspecified atom stereocenters. The van der Waals surface area contributed by atoms with E-state index in [1.54, 1.807) is 6.92 Å². The number of hydrogen-bond donors (Lipinski definition) is 2. The number of esters is 1. The average molecular weight is 411 g/mol. The van der Waals surface area contributed by atoms with Crippen LogP contribution < -0.4 is 5.32 Å². The molecule has 0 aliphatic carbocycles. The van der Waals surface area contributed by atoms with Crippen LogP contribution in [0.15, 0.2) is 0 Å². The third kappa shape index (κ3) is 3.44. The van der Waals surface area contributed by atoms with Crippen LogP contribution in [0.2, 0.25) is 0 Å². The molecule has 3 aliphatic heterocycles. The molecule has 8 heteroatoms. The van der Waals surface area contributed by atoms with Gasteiger partial charge in [0.1, 0.15) is 11.6 Å². The molecule has 0 aromatic rings. The molecule has 3 saturated heterocycles. The van der Waals surface area contributed by atoms with Gasteiger partial charge in [0.15, 0.2) is 0 Å². The summed E-state index contributed by atoms with van der Waals surface area (Å²) in [6.07, 6.45) is 2.54. The summed E-state index contributed by atoms with van der Waals surface area (Å²) in [4.78, 5) is 41.0. The minimum atomic E-state index is -1.03. The second kappa shape index (κ2) is 8.60. The zero-order valence-corrected chi connectivity index (χ0v) is 17.8. The van der Waals surface area contributed by atoms with Gasteiger partial charge in [0.25, 0.3) is 0 Å². The molecule has 2 N–H and O–H groups in total. The average Bonchev–Trinajstić information content (AvgIpc) is 3.30. The molecule has 0 aromatic carbocycles. The molecule has 29 heavy (non-hydrogen) atoms. The van der Waals surface area contributed by atoms with E-state index in [0.717, 1.165) is 12.8 Å². The van der Waals surface area contributed by atoms with E-state index in [4.69, 9.17) is 9.47 Å². The number of unbranched alkanes of at least 4 members (excludes halogenated alkanes) is 1. The van der Waals surface area contributed by atoms with Crippen LogP contribution in [0.3, 0.4) is 0 Å². The molecule has 3 fully saturated rings. The Bertz CT molecular complexity index is 653. The topological polar surface area (TPSA) is 105 Å². The summed E-state index contributed by atoms with van der Waals surface area (Å²) < 4.78 is 11.5. The number of likely N-dealkylation sites (tertiary alicyclic amines) is 1. The quantitative estimate of drug-likeness (QED) is 0.431. The molecule has 0 saturated carbocycles. The van der Waals surface area contributed by atoms with Gasteiger partial charge in [-0.05, 0) is 32.1 Å². The largest absolute Gasteiger partial charge is 0.466 e. The molecule has 3 aliphatic rings. The van der Waals surface area contributed by atoms with Crippen LogP contribution >= 0.6 is 0 Å². The Morgan fingerprint density at radius 1 is 1.38 bits per heavy atom. The van der Waals surface area contributed by atoms with Crippen molar-refractivity contribution in [3.8, 4) is 0 Å². The van der Waals surface area contributed by atoms with Crippen molar-refractivity contribution in [1.82, 2.24) is 10.2 Å². The Kier molecular flexibility index (Phi) is 6.53. The van der Waals surface area contributed by atoms with E-state index in [1.807, 2.05) is 20.8 Å². The normalized spacial score (nSPS) is 33.9. The molecule has 3 rings (SSSR count). The minimum absolute atomic E-state index is 0.0524. The van der Waals surface area contributed by atoms with Crippen molar-refractivity contribution in [3.63, 3.8) is 0 Å². The molecule has 2 amide bonds. The van der Waals surface area contributed by atoms with E-state index in [-0.39, 0.29) is 30.9 Å². The van der Waals surface area contributed by atoms with Gasteiger partial charge in [-0.1, -0.05) is 27.2 Å². The number of ether oxygens (including phenoxy) is 2. The molecular formula is C21H34N2O6. The molecule has 6 atom stereocenters. The maximum atomic E-state index is 13.6. The Labute approximate surface area is 172 Å². The van der Waals surface area contributed by atoms with E-state index < -0.39 is 41.6 Å². The SMILES string of the molecule is CCCCNC(=O)C1N([C@@H](CO)C(C)C)C(=O)[C@@H]2[C@@H](C(=O)OCC)[C@H]3CCC12O3. The highest BCUT2D eigenvalue weighted by Crippen LogP contribution is 2.59. The summed E-state index contributed by atoms with van der Waals surface area (Å²) in [7, 11) is 0. The second-order valence-corrected chi connectivity index (χ2v) is 8.69. The summed E-state index contributed by atoms with van der Waals surface area (Å²) in [5.74, 6) is -2.47. The number of nitrogens with zero attached hydrogens (tertiary/aromatic N) is 1. The maximum Gasteiger partial charge on any atom is 0.312 e. The number of carbonyl (C=O) groups is 3. The number of aliphatic hydroxyl groups is 1. The van der Waals surface area contributed by atoms with Gasteiger partial charge in [-0.3, -0.25) is 14.4 Å². The van der Waals surface area contributed by atoms with Gasteiger partial charge in [0.2, 0.25) is 11.8 Å². The highest BCUT2D eigenvalue weighted by molar-refractivity contribution is 5.98. The highest BCUT2D eigenvalue weighted by Gasteiger charge is 2.75. The first kappa shape index (κ1) is 22.0. The summed E-state index contributed by atoms with van der Waals surface area (Å²) in [5.41, 5.74) is -1.03. The van der Waals surface area contributed by atoms with E-state index >= 15 is 0 Å². The number of rotatable bonds is 9. The van der Waals surface area contributed by atoms with Gasteiger partial charge >= 0.3 is 5.97 Å². The lowest BCUT2D eigenvalue weighted by Crippen LogP contribution is -2.59.